The number of ether oxygens (including phenoxy) is 2. The second-order valence-corrected chi connectivity index (χ2v) is 17.8. The number of nitrogens with one attached hydrogen (secondary N) is 1. The van der Waals surface area contributed by atoms with E-state index >= 15 is 0 Å². The zero-order chi connectivity index (χ0) is 32.5. The summed E-state index contributed by atoms with van der Waals surface area (Å²) in [6, 6.07) is -0.657. The van der Waals surface area contributed by atoms with E-state index in [9.17, 15) is 19.4 Å². The van der Waals surface area contributed by atoms with E-state index in [1.807, 2.05) is 0 Å². The predicted octanol–water partition coefficient (Wildman–Crippen LogP) is 0.346. The second-order valence-electron chi connectivity index (χ2n) is 11.3. The van der Waals surface area contributed by atoms with E-state index in [1.165, 1.54) is 30.7 Å². The summed E-state index contributed by atoms with van der Waals surface area (Å²) in [5, 5.41) is 11.5. The van der Waals surface area contributed by atoms with Gasteiger partial charge in [-0.3, -0.25) is 23.4 Å². The van der Waals surface area contributed by atoms with Gasteiger partial charge < -0.3 is 40.0 Å². The molecule has 1 saturated carbocycles. The van der Waals surface area contributed by atoms with Gasteiger partial charge in [0.1, 0.15) is 36.4 Å². The van der Waals surface area contributed by atoms with Crippen molar-refractivity contribution < 1.29 is 37.6 Å². The number of nitrogens with two attached hydrogens (primary N) is 2. The summed E-state index contributed by atoms with van der Waals surface area (Å²) < 4.78 is 46.5. The van der Waals surface area contributed by atoms with Gasteiger partial charge in [0.2, 0.25) is 5.95 Å². The van der Waals surface area contributed by atoms with Crippen molar-refractivity contribution in [3.8, 4) is 0 Å². The van der Waals surface area contributed by atoms with Crippen LogP contribution in [0, 0.1) is 11.8 Å². The van der Waals surface area contributed by atoms with Gasteiger partial charge in [0.25, 0.3) is 5.56 Å². The number of nitrogen functional groups attached to an aromatic ring is 2. The summed E-state index contributed by atoms with van der Waals surface area (Å²) in [5.41, 5.74) is 12.1. The minimum absolute atomic E-state index is 0.0211. The van der Waals surface area contributed by atoms with Crippen LogP contribution in [0.15, 0.2) is 23.8 Å². The number of rotatable bonds is 3. The first-order valence-electron chi connectivity index (χ1n) is 14.0. The molecular weight excluding hydrogens is 686 g/mol. The Morgan fingerprint density at radius 3 is 2.67 bits per heavy atom. The van der Waals surface area contributed by atoms with Crippen molar-refractivity contribution in [1.29, 1.82) is 0 Å². The minimum Gasteiger partial charge on any atom is -0.388 e. The number of nitrogens with zero attached hydrogens (tertiary/aromatic N) is 7. The first kappa shape index (κ1) is 32.0. The van der Waals surface area contributed by atoms with Gasteiger partial charge in [0.15, 0.2) is 29.1 Å². The Labute approximate surface area is 269 Å². The number of anilines is 2. The Hall–Kier alpha value is -2.55. The fourth-order valence-electron chi connectivity index (χ4n) is 6.52. The number of hydrogen-bond acceptors (Lipinski definition) is 16. The van der Waals surface area contributed by atoms with Crippen molar-refractivity contribution in [3.63, 3.8) is 0 Å². The van der Waals surface area contributed by atoms with E-state index in [0.29, 0.717) is 11.2 Å². The lowest BCUT2D eigenvalue weighted by atomic mass is 10.0. The van der Waals surface area contributed by atoms with Crippen molar-refractivity contribution in [1.82, 2.24) is 39.0 Å². The monoisotopic (exact) mass is 716 g/mol. The van der Waals surface area contributed by atoms with Gasteiger partial charge in [0, 0.05) is 25.1 Å². The molecule has 0 amide bonds. The molecule has 0 aromatic carbocycles. The van der Waals surface area contributed by atoms with E-state index < -0.39 is 67.4 Å². The van der Waals surface area contributed by atoms with Crippen LogP contribution in [0.5, 0.6) is 0 Å². The van der Waals surface area contributed by atoms with Crippen LogP contribution < -0.4 is 17.0 Å². The number of methoxy groups -OCH3 is 1. The molecule has 7 N–H and O–H groups in total. The quantitative estimate of drug-likeness (QED) is 0.123. The number of aromatic nitrogens is 8. The van der Waals surface area contributed by atoms with Crippen LogP contribution in [0.1, 0.15) is 18.7 Å². The third kappa shape index (κ3) is 5.66. The van der Waals surface area contributed by atoms with Crippen LogP contribution in [0.25, 0.3) is 22.3 Å². The van der Waals surface area contributed by atoms with E-state index in [4.69, 9.17) is 46.3 Å². The third-order valence-corrected chi connectivity index (χ3v) is 12.4. The van der Waals surface area contributed by atoms with E-state index in [0.717, 1.165) is 0 Å². The maximum absolute atomic E-state index is 13.6. The normalized spacial score (nSPS) is 37.1. The molecule has 2 saturated heterocycles. The molecule has 2 bridgehead atoms. The van der Waals surface area contributed by atoms with Gasteiger partial charge >= 0.3 is 6.80 Å². The Morgan fingerprint density at radius 2 is 1.89 bits per heavy atom. The van der Waals surface area contributed by atoms with Crippen LogP contribution >= 0.6 is 25.5 Å². The lowest BCUT2D eigenvalue weighted by Crippen LogP contribution is -2.34. The molecular formula is C23H30N10O9P2S2. The molecule has 0 radical (unpaired) electrons. The lowest BCUT2D eigenvalue weighted by molar-refractivity contribution is -0.0519. The molecule has 7 rings (SSSR count). The van der Waals surface area contributed by atoms with Gasteiger partial charge in [-0.25, -0.2) is 24.5 Å². The highest BCUT2D eigenvalue weighted by Gasteiger charge is 2.52. The topological polar surface area (TPSA) is 263 Å². The molecule has 3 aliphatic rings. The Kier molecular flexibility index (Phi) is 8.25. The highest BCUT2D eigenvalue weighted by atomic mass is 32.7. The summed E-state index contributed by atoms with van der Waals surface area (Å²) in [4.78, 5) is 47.3. The average Bonchev–Trinajstić information content (AvgIpc) is 3.75. The predicted molar refractivity (Wildman–Crippen MR) is 168 cm³/mol. The standard InChI is InChI=1S/C23H30N10O9P2S2/c1-38-17-10-5-43(36,45)39-3-9-2-11(32-7-28-13-18(24)26-6-27-19(13)32)15(34)16(9)42-44(37,46)40-4-12(17)41-22(10)33-8-29-14-20(33)30-23(25)31-21(14)35/h6-12,15-17,22,34H,2-5H2,1H3,(H,36,45)(H,37,46)(H2,24,26,27)(H3,25,30,31,35)/t9?,10-,11-,12-,15+,16-,17+,22-,43?,44?/m1/s1. The summed E-state index contributed by atoms with van der Waals surface area (Å²) in [6.07, 6.45) is -0.625. The molecule has 46 heavy (non-hydrogen) atoms. The highest BCUT2D eigenvalue weighted by Crippen LogP contribution is 2.59. The largest absolute Gasteiger partial charge is 0.388 e. The number of aromatic amines is 1. The molecule has 2 aliphatic heterocycles. The van der Waals surface area contributed by atoms with Crippen molar-refractivity contribution >= 4 is 71.4 Å². The maximum atomic E-state index is 13.6. The maximum Gasteiger partial charge on any atom is 0.386 e. The fourth-order valence-corrected chi connectivity index (χ4v) is 10.2. The third-order valence-electron chi connectivity index (χ3n) is 8.54. The van der Waals surface area contributed by atoms with Crippen molar-refractivity contribution in [3.05, 3.63) is 29.3 Å². The van der Waals surface area contributed by atoms with Crippen LogP contribution in [0.2, 0.25) is 0 Å². The number of thiol groups is 1. The number of fused-ring (bicyclic) bond motifs is 5. The molecule has 4 aromatic heterocycles. The van der Waals surface area contributed by atoms with Crippen LogP contribution in [-0.2, 0) is 39.4 Å². The zero-order valence-electron chi connectivity index (χ0n) is 24.0. The molecule has 3 fully saturated rings. The molecule has 248 valence electrons. The summed E-state index contributed by atoms with van der Waals surface area (Å²) in [7, 11) is 1.44. The lowest BCUT2D eigenvalue weighted by Gasteiger charge is -2.28. The van der Waals surface area contributed by atoms with Gasteiger partial charge in [-0.15, -0.1) is 0 Å². The van der Waals surface area contributed by atoms with Crippen molar-refractivity contribution in [2.24, 2.45) is 11.8 Å². The molecule has 4 aromatic rings. The number of H-pyrrole nitrogens is 1. The molecule has 6 heterocycles. The average molecular weight is 717 g/mol. The fraction of sp³-hybridized carbons (Fsp3) is 0.565. The number of aliphatic hydroxyl groups is 1. The number of hydrogen-bond donors (Lipinski definition) is 6. The number of aliphatic hydroxyl groups excluding tert-OH is 1. The molecule has 3 unspecified atom stereocenters. The zero-order valence-corrected chi connectivity index (χ0v) is 27.5. The Morgan fingerprint density at radius 1 is 1.13 bits per heavy atom. The van der Waals surface area contributed by atoms with Crippen molar-refractivity contribution in [2.45, 2.75) is 43.1 Å². The second kappa shape index (κ2) is 11.9. The first-order chi connectivity index (χ1) is 21.9. The smallest absolute Gasteiger partial charge is 0.386 e. The summed E-state index contributed by atoms with van der Waals surface area (Å²) >= 11 is 9.84. The van der Waals surface area contributed by atoms with Gasteiger partial charge in [-0.05, 0) is 18.2 Å². The highest BCUT2D eigenvalue weighted by molar-refractivity contribution is 8.44. The molecule has 10 atom stereocenters. The van der Waals surface area contributed by atoms with E-state index in [-0.39, 0.29) is 48.7 Å². The van der Waals surface area contributed by atoms with Gasteiger partial charge in [-0.2, -0.15) is 4.98 Å². The number of imidazole rings is 2. The van der Waals surface area contributed by atoms with Crippen molar-refractivity contribution in [2.75, 3.05) is 38.0 Å². The minimum atomic E-state index is -4.15. The molecule has 19 nitrogen and oxygen atoms in total. The SMILES string of the molecule is CO[C@H]1[C@H]2CP(O)(=S)OCC3C[C@@H](n4cnc5c(N)ncnc54)[C@H](O)[C@@H]3OP(=O)(S)OC[C@H]1O[C@H]2n1cnc2c(=O)[nH]c(N)nc21. The Balaban J connectivity index is 1.22. The van der Waals surface area contributed by atoms with Gasteiger partial charge in [0.05, 0.1) is 38.0 Å². The van der Waals surface area contributed by atoms with Crippen LogP contribution in [0.4, 0.5) is 11.8 Å². The summed E-state index contributed by atoms with van der Waals surface area (Å²) in [6.45, 7) is -8.22. The van der Waals surface area contributed by atoms with Crippen LogP contribution in [0.3, 0.4) is 0 Å². The molecule has 23 heteroatoms. The summed E-state index contributed by atoms with van der Waals surface area (Å²) in [5.74, 6) is -1.24. The van der Waals surface area contributed by atoms with Crippen LogP contribution in [-0.4, -0.2) is 99.9 Å². The Bertz CT molecular complexity index is 1960. The molecule has 0 spiro atoms. The molecule has 1 aliphatic carbocycles. The van der Waals surface area contributed by atoms with E-state index in [2.05, 4.69) is 42.2 Å². The first-order valence-corrected chi connectivity index (χ1v) is 19.5. The van der Waals surface area contributed by atoms with E-state index in [1.54, 1.807) is 4.57 Å². The van der Waals surface area contributed by atoms with Gasteiger partial charge in [-0.1, -0.05) is 12.2 Å².